The molecule has 2 heterocycles. The number of nitrogens with zero attached hydrogens (tertiary/aromatic N) is 2. The number of fused-ring (bicyclic) bond motifs is 1. The second kappa shape index (κ2) is 4.44. The summed E-state index contributed by atoms with van der Waals surface area (Å²) in [7, 11) is 0. The van der Waals surface area contributed by atoms with Crippen molar-refractivity contribution >= 4 is 17.2 Å². The van der Waals surface area contributed by atoms with Gasteiger partial charge in [-0.1, -0.05) is 29.8 Å². The van der Waals surface area contributed by atoms with Crippen molar-refractivity contribution < 1.29 is 0 Å². The van der Waals surface area contributed by atoms with Crippen molar-refractivity contribution in [2.75, 3.05) is 0 Å². The Morgan fingerprint density at radius 2 is 1.89 bits per heavy atom. The average Bonchev–Trinajstić information content (AvgIpc) is 2.83. The summed E-state index contributed by atoms with van der Waals surface area (Å²) >= 11 is 5.88. The second-order valence-electron chi connectivity index (χ2n) is 4.08. The quantitative estimate of drug-likeness (QED) is 0.767. The first-order valence-electron chi connectivity index (χ1n) is 5.71. The summed E-state index contributed by atoms with van der Waals surface area (Å²) in [6.45, 7) is 0.494. The molecule has 0 atom stereocenters. The van der Waals surface area contributed by atoms with E-state index in [0.717, 1.165) is 27.6 Å². The Bertz CT molecular complexity index is 686. The molecule has 0 unspecified atom stereocenters. The predicted molar refractivity (Wildman–Crippen MR) is 73.5 cm³/mol. The van der Waals surface area contributed by atoms with E-state index in [-0.39, 0.29) is 0 Å². The van der Waals surface area contributed by atoms with E-state index >= 15 is 0 Å². The molecule has 0 aliphatic heterocycles. The summed E-state index contributed by atoms with van der Waals surface area (Å²) < 4.78 is 2.02. The van der Waals surface area contributed by atoms with Crippen LogP contribution in [0.2, 0.25) is 5.02 Å². The maximum absolute atomic E-state index is 5.88. The minimum atomic E-state index is 0.494. The Morgan fingerprint density at radius 3 is 2.61 bits per heavy atom. The highest BCUT2D eigenvalue weighted by Gasteiger charge is 2.06. The lowest BCUT2D eigenvalue weighted by Gasteiger charge is -2.00. The van der Waals surface area contributed by atoms with Gasteiger partial charge in [0.2, 0.25) is 0 Å². The minimum absolute atomic E-state index is 0.494. The molecule has 0 saturated heterocycles. The highest BCUT2D eigenvalue weighted by Crippen LogP contribution is 2.21. The highest BCUT2D eigenvalue weighted by atomic mass is 35.5. The topological polar surface area (TPSA) is 43.3 Å². The Hall–Kier alpha value is -1.84. The largest absolute Gasteiger partial charge is 0.325 e. The molecule has 3 aromatic rings. The molecule has 3 nitrogen and oxygen atoms in total. The fraction of sp³-hybridized carbons (Fsp3) is 0.0714. The van der Waals surface area contributed by atoms with Gasteiger partial charge < -0.3 is 10.1 Å². The molecule has 4 heteroatoms. The number of nitrogens with two attached hydrogens (primary N) is 1. The van der Waals surface area contributed by atoms with Gasteiger partial charge >= 0.3 is 0 Å². The lowest BCUT2D eigenvalue weighted by Crippen LogP contribution is -2.02. The predicted octanol–water partition coefficient (Wildman–Crippen LogP) is 3.11. The summed E-state index contributed by atoms with van der Waals surface area (Å²) in [6, 6.07) is 13.6. The van der Waals surface area contributed by atoms with Gasteiger partial charge in [-0.25, -0.2) is 4.98 Å². The molecular weight excluding hydrogens is 246 g/mol. The monoisotopic (exact) mass is 257 g/mol. The standard InChI is InChI=1S/C14H12ClN3/c15-11-6-4-10(5-7-11)13-9-18-12(8-16)2-1-3-14(18)17-13/h1-7,9H,8,16H2. The SMILES string of the molecule is NCc1cccc2nc(-c3ccc(Cl)cc3)cn12. The smallest absolute Gasteiger partial charge is 0.137 e. The van der Waals surface area contributed by atoms with Crippen LogP contribution < -0.4 is 5.73 Å². The summed E-state index contributed by atoms with van der Waals surface area (Å²) in [5, 5.41) is 0.727. The van der Waals surface area contributed by atoms with Gasteiger partial charge in [-0.05, 0) is 24.3 Å². The third-order valence-corrected chi connectivity index (χ3v) is 3.18. The van der Waals surface area contributed by atoms with E-state index in [4.69, 9.17) is 17.3 Å². The van der Waals surface area contributed by atoms with Crippen molar-refractivity contribution in [1.29, 1.82) is 0 Å². The van der Waals surface area contributed by atoms with Gasteiger partial charge in [-0.3, -0.25) is 0 Å². The number of halogens is 1. The number of hydrogen-bond acceptors (Lipinski definition) is 2. The number of imidazole rings is 1. The van der Waals surface area contributed by atoms with Crippen LogP contribution in [0.25, 0.3) is 16.9 Å². The molecule has 2 N–H and O–H groups in total. The first kappa shape index (κ1) is 11.3. The summed E-state index contributed by atoms with van der Waals surface area (Å²) in [5.41, 5.74) is 9.64. The van der Waals surface area contributed by atoms with Crippen molar-refractivity contribution in [2.24, 2.45) is 5.73 Å². The fourth-order valence-corrected chi connectivity index (χ4v) is 2.12. The molecule has 3 rings (SSSR count). The van der Waals surface area contributed by atoms with Crippen LogP contribution in [0.15, 0.2) is 48.7 Å². The van der Waals surface area contributed by atoms with Crippen LogP contribution in [0.1, 0.15) is 5.69 Å². The van der Waals surface area contributed by atoms with Gasteiger partial charge in [0.15, 0.2) is 0 Å². The van der Waals surface area contributed by atoms with Gasteiger partial charge in [0.1, 0.15) is 5.65 Å². The van der Waals surface area contributed by atoms with Gasteiger partial charge in [0.25, 0.3) is 0 Å². The molecule has 0 radical (unpaired) electrons. The zero-order chi connectivity index (χ0) is 12.5. The first-order chi connectivity index (χ1) is 8.78. The van der Waals surface area contributed by atoms with E-state index in [1.807, 2.05) is 53.1 Å². The van der Waals surface area contributed by atoms with Gasteiger partial charge in [0.05, 0.1) is 5.69 Å². The molecule has 0 saturated carbocycles. The third-order valence-electron chi connectivity index (χ3n) is 2.93. The van der Waals surface area contributed by atoms with E-state index in [0.29, 0.717) is 6.54 Å². The van der Waals surface area contributed by atoms with E-state index in [2.05, 4.69) is 4.98 Å². The Balaban J connectivity index is 2.16. The summed E-state index contributed by atoms with van der Waals surface area (Å²) in [6.07, 6.45) is 2.00. The maximum atomic E-state index is 5.88. The molecule has 18 heavy (non-hydrogen) atoms. The molecule has 0 aliphatic carbocycles. The number of rotatable bonds is 2. The van der Waals surface area contributed by atoms with Crippen molar-refractivity contribution in [3.05, 3.63) is 59.4 Å². The summed E-state index contributed by atoms with van der Waals surface area (Å²) in [4.78, 5) is 4.59. The van der Waals surface area contributed by atoms with Gasteiger partial charge in [0, 0.05) is 29.0 Å². The number of aromatic nitrogens is 2. The fourth-order valence-electron chi connectivity index (χ4n) is 1.99. The van der Waals surface area contributed by atoms with Crippen molar-refractivity contribution in [3.8, 4) is 11.3 Å². The lowest BCUT2D eigenvalue weighted by atomic mass is 10.2. The zero-order valence-corrected chi connectivity index (χ0v) is 10.4. The second-order valence-corrected chi connectivity index (χ2v) is 4.52. The van der Waals surface area contributed by atoms with Crippen molar-refractivity contribution in [1.82, 2.24) is 9.38 Å². The molecule has 90 valence electrons. The molecule has 1 aromatic carbocycles. The van der Waals surface area contributed by atoms with Gasteiger partial charge in [-0.2, -0.15) is 0 Å². The van der Waals surface area contributed by atoms with E-state index in [1.54, 1.807) is 0 Å². The minimum Gasteiger partial charge on any atom is -0.325 e. The first-order valence-corrected chi connectivity index (χ1v) is 6.09. The van der Waals surface area contributed by atoms with Crippen LogP contribution in [0.5, 0.6) is 0 Å². The maximum Gasteiger partial charge on any atom is 0.137 e. The van der Waals surface area contributed by atoms with Crippen LogP contribution in [-0.4, -0.2) is 9.38 Å². The van der Waals surface area contributed by atoms with E-state index in [1.165, 1.54) is 0 Å². The van der Waals surface area contributed by atoms with Crippen LogP contribution in [0.3, 0.4) is 0 Å². The highest BCUT2D eigenvalue weighted by molar-refractivity contribution is 6.30. The zero-order valence-electron chi connectivity index (χ0n) is 9.68. The Kier molecular flexibility index (Phi) is 2.78. The van der Waals surface area contributed by atoms with Crippen LogP contribution in [-0.2, 0) is 6.54 Å². The van der Waals surface area contributed by atoms with E-state index < -0.39 is 0 Å². The normalized spacial score (nSPS) is 11.0. The average molecular weight is 258 g/mol. The molecule has 0 amide bonds. The molecule has 0 bridgehead atoms. The Morgan fingerprint density at radius 1 is 1.11 bits per heavy atom. The Labute approximate surface area is 110 Å². The number of benzene rings is 1. The van der Waals surface area contributed by atoms with Crippen LogP contribution >= 0.6 is 11.6 Å². The van der Waals surface area contributed by atoms with Crippen LogP contribution in [0.4, 0.5) is 0 Å². The van der Waals surface area contributed by atoms with Gasteiger partial charge in [-0.15, -0.1) is 0 Å². The molecule has 0 spiro atoms. The van der Waals surface area contributed by atoms with Crippen molar-refractivity contribution in [3.63, 3.8) is 0 Å². The van der Waals surface area contributed by atoms with Crippen LogP contribution in [0, 0.1) is 0 Å². The summed E-state index contributed by atoms with van der Waals surface area (Å²) in [5.74, 6) is 0. The molecule has 0 aliphatic rings. The third kappa shape index (κ3) is 1.88. The van der Waals surface area contributed by atoms with Crippen molar-refractivity contribution in [2.45, 2.75) is 6.54 Å². The number of pyridine rings is 1. The molecule has 2 aromatic heterocycles. The lowest BCUT2D eigenvalue weighted by molar-refractivity contribution is 0.946. The molecular formula is C14H12ClN3. The van der Waals surface area contributed by atoms with E-state index in [9.17, 15) is 0 Å². The number of hydrogen-bond donors (Lipinski definition) is 1. The molecule has 0 fully saturated rings.